The van der Waals surface area contributed by atoms with Gasteiger partial charge in [-0.2, -0.15) is 11.8 Å². The number of hydrogen-bond acceptors (Lipinski definition) is 4. The van der Waals surface area contributed by atoms with Crippen LogP contribution in [0.1, 0.15) is 19.8 Å². The van der Waals surface area contributed by atoms with E-state index in [4.69, 9.17) is 22.1 Å². The average Bonchev–Trinajstić information content (AvgIpc) is 2.80. The van der Waals surface area contributed by atoms with Crippen molar-refractivity contribution in [2.45, 2.75) is 31.1 Å². The molecule has 0 saturated carbocycles. The first-order chi connectivity index (χ1) is 9.56. The monoisotopic (exact) mass is 314 g/mol. The number of benzene rings is 1. The Morgan fingerprint density at radius 1 is 1.60 bits per heavy atom. The van der Waals surface area contributed by atoms with Gasteiger partial charge in [0.05, 0.1) is 16.8 Å². The molecule has 0 aliphatic carbocycles. The molecular formula is C14H19ClN2O2S. The first-order valence-corrected chi connectivity index (χ1v) is 8.07. The molecule has 4 nitrogen and oxygen atoms in total. The molecule has 1 aromatic carbocycles. The number of thioether (sulfide) groups is 1. The predicted molar refractivity (Wildman–Crippen MR) is 85.4 cm³/mol. The molecule has 0 radical (unpaired) electrons. The molecular weight excluding hydrogens is 296 g/mol. The highest BCUT2D eigenvalue weighted by atomic mass is 35.5. The molecule has 0 spiro atoms. The Morgan fingerprint density at radius 3 is 3.05 bits per heavy atom. The highest BCUT2D eigenvalue weighted by molar-refractivity contribution is 7.99. The highest BCUT2D eigenvalue weighted by Gasteiger charge is 2.24. The Balaban J connectivity index is 1.73. The van der Waals surface area contributed by atoms with Gasteiger partial charge in [0.1, 0.15) is 0 Å². The topological polar surface area (TPSA) is 64.3 Å². The van der Waals surface area contributed by atoms with Crippen LogP contribution in [0.5, 0.6) is 0 Å². The van der Waals surface area contributed by atoms with Crippen LogP contribution >= 0.6 is 23.4 Å². The predicted octanol–water partition coefficient (Wildman–Crippen LogP) is 3.16. The van der Waals surface area contributed by atoms with Crippen molar-refractivity contribution in [3.05, 3.63) is 23.2 Å². The fraction of sp³-hybridized carbons (Fsp3) is 0.500. The van der Waals surface area contributed by atoms with E-state index in [0.29, 0.717) is 34.2 Å². The molecule has 20 heavy (non-hydrogen) atoms. The number of carbonyl (C=O) groups is 1. The van der Waals surface area contributed by atoms with Gasteiger partial charge in [0.25, 0.3) is 0 Å². The first-order valence-electron chi connectivity index (χ1n) is 6.64. The number of anilines is 2. The molecule has 1 heterocycles. The summed E-state index contributed by atoms with van der Waals surface area (Å²) >= 11 is 7.64. The van der Waals surface area contributed by atoms with E-state index in [1.807, 2.05) is 0 Å². The maximum absolute atomic E-state index is 11.8. The van der Waals surface area contributed by atoms with Gasteiger partial charge in [0.15, 0.2) is 0 Å². The summed E-state index contributed by atoms with van der Waals surface area (Å²) in [6.07, 6.45) is 1.84. The van der Waals surface area contributed by atoms with E-state index in [2.05, 4.69) is 12.2 Å². The summed E-state index contributed by atoms with van der Waals surface area (Å²) in [6.45, 7) is 2.91. The number of halogens is 1. The highest BCUT2D eigenvalue weighted by Crippen LogP contribution is 2.27. The van der Waals surface area contributed by atoms with E-state index in [0.717, 1.165) is 18.8 Å². The minimum atomic E-state index is -0.00853. The summed E-state index contributed by atoms with van der Waals surface area (Å²) in [7, 11) is 0. The first kappa shape index (κ1) is 15.5. The number of ether oxygens (including phenoxy) is 1. The second-order valence-corrected chi connectivity index (χ2v) is 6.56. The summed E-state index contributed by atoms with van der Waals surface area (Å²) in [5.74, 6) is 0.790. The summed E-state index contributed by atoms with van der Waals surface area (Å²) < 4.78 is 5.50. The minimum absolute atomic E-state index is 0.00853. The van der Waals surface area contributed by atoms with Crippen molar-refractivity contribution in [2.24, 2.45) is 0 Å². The molecule has 0 aromatic heterocycles. The standard InChI is InChI=1S/C14H19ClN2O2S/c1-9-13(4-6-19-9)20-7-5-14(18)17-10-2-3-11(15)12(16)8-10/h2-3,8-9,13H,4-7,16H2,1H3,(H,17,18). The second-order valence-electron chi connectivity index (χ2n) is 4.81. The van der Waals surface area contributed by atoms with Crippen LogP contribution in [0.15, 0.2) is 18.2 Å². The molecule has 6 heteroatoms. The lowest BCUT2D eigenvalue weighted by Gasteiger charge is -2.13. The number of rotatable bonds is 5. The van der Waals surface area contributed by atoms with Crippen LogP contribution in [-0.4, -0.2) is 29.6 Å². The van der Waals surface area contributed by atoms with Crippen molar-refractivity contribution in [1.82, 2.24) is 0 Å². The van der Waals surface area contributed by atoms with Gasteiger partial charge in [-0.25, -0.2) is 0 Å². The van der Waals surface area contributed by atoms with Gasteiger partial charge in [-0.1, -0.05) is 11.6 Å². The molecule has 1 fully saturated rings. The van der Waals surface area contributed by atoms with E-state index in [1.165, 1.54) is 0 Å². The number of nitrogens with two attached hydrogens (primary N) is 1. The Bertz CT molecular complexity index is 484. The zero-order chi connectivity index (χ0) is 14.5. The molecule has 2 rings (SSSR count). The van der Waals surface area contributed by atoms with Crippen LogP contribution in [0.25, 0.3) is 0 Å². The molecule has 1 amide bonds. The molecule has 2 atom stereocenters. The summed E-state index contributed by atoms with van der Waals surface area (Å²) in [5, 5.41) is 3.83. The third-order valence-electron chi connectivity index (χ3n) is 3.25. The van der Waals surface area contributed by atoms with E-state index >= 15 is 0 Å². The fourth-order valence-electron chi connectivity index (χ4n) is 2.08. The Labute approximate surface area is 128 Å². The average molecular weight is 315 g/mol. The fourth-order valence-corrected chi connectivity index (χ4v) is 3.41. The molecule has 1 aliphatic heterocycles. The number of hydrogen-bond donors (Lipinski definition) is 2. The normalized spacial score (nSPS) is 21.9. The third-order valence-corrected chi connectivity index (χ3v) is 5.08. The van der Waals surface area contributed by atoms with Crippen molar-refractivity contribution in [3.8, 4) is 0 Å². The SMILES string of the molecule is CC1OCCC1SCCC(=O)Nc1ccc(Cl)c(N)c1. The maximum Gasteiger partial charge on any atom is 0.225 e. The van der Waals surface area contributed by atoms with Crippen molar-refractivity contribution in [1.29, 1.82) is 0 Å². The molecule has 2 unspecified atom stereocenters. The van der Waals surface area contributed by atoms with E-state index < -0.39 is 0 Å². The molecule has 3 N–H and O–H groups in total. The molecule has 110 valence electrons. The summed E-state index contributed by atoms with van der Waals surface area (Å²) in [5.41, 5.74) is 6.84. The molecule has 1 aromatic rings. The summed E-state index contributed by atoms with van der Waals surface area (Å²) in [4.78, 5) is 11.8. The van der Waals surface area contributed by atoms with Crippen molar-refractivity contribution in [2.75, 3.05) is 23.4 Å². The Hall–Kier alpha value is -0.910. The maximum atomic E-state index is 11.8. The smallest absolute Gasteiger partial charge is 0.225 e. The Kier molecular flexibility index (Phi) is 5.57. The van der Waals surface area contributed by atoms with E-state index in [-0.39, 0.29) is 5.91 Å². The summed E-state index contributed by atoms with van der Waals surface area (Å²) in [6, 6.07) is 5.09. The third kappa shape index (κ3) is 4.30. The molecule has 1 aliphatic rings. The van der Waals surface area contributed by atoms with Gasteiger partial charge in [0.2, 0.25) is 5.91 Å². The van der Waals surface area contributed by atoms with Gasteiger partial charge in [-0.3, -0.25) is 4.79 Å². The van der Waals surface area contributed by atoms with Gasteiger partial charge in [-0.05, 0) is 31.5 Å². The second kappa shape index (κ2) is 7.20. The largest absolute Gasteiger partial charge is 0.397 e. The van der Waals surface area contributed by atoms with E-state index in [9.17, 15) is 4.79 Å². The number of nitrogen functional groups attached to an aromatic ring is 1. The van der Waals surface area contributed by atoms with Crippen molar-refractivity contribution >= 4 is 40.6 Å². The zero-order valence-corrected chi connectivity index (χ0v) is 13.0. The van der Waals surface area contributed by atoms with Crippen LogP contribution in [0, 0.1) is 0 Å². The number of nitrogens with one attached hydrogen (secondary N) is 1. The zero-order valence-electron chi connectivity index (χ0n) is 11.4. The minimum Gasteiger partial charge on any atom is -0.397 e. The van der Waals surface area contributed by atoms with Gasteiger partial charge >= 0.3 is 0 Å². The molecule has 1 saturated heterocycles. The van der Waals surface area contributed by atoms with Gasteiger partial charge < -0.3 is 15.8 Å². The van der Waals surface area contributed by atoms with Crippen LogP contribution in [0.3, 0.4) is 0 Å². The quantitative estimate of drug-likeness (QED) is 0.819. The lowest BCUT2D eigenvalue weighted by Crippen LogP contribution is -2.16. The van der Waals surface area contributed by atoms with Crippen molar-refractivity contribution < 1.29 is 9.53 Å². The van der Waals surface area contributed by atoms with Gasteiger partial charge in [-0.15, -0.1) is 0 Å². The Morgan fingerprint density at radius 2 is 2.40 bits per heavy atom. The number of carbonyl (C=O) groups excluding carboxylic acids is 1. The number of amides is 1. The van der Waals surface area contributed by atoms with Crippen LogP contribution < -0.4 is 11.1 Å². The van der Waals surface area contributed by atoms with E-state index in [1.54, 1.807) is 30.0 Å². The van der Waals surface area contributed by atoms with Crippen molar-refractivity contribution in [3.63, 3.8) is 0 Å². The van der Waals surface area contributed by atoms with Crippen LogP contribution in [0.4, 0.5) is 11.4 Å². The lowest BCUT2D eigenvalue weighted by molar-refractivity contribution is -0.115. The molecule has 0 bridgehead atoms. The van der Waals surface area contributed by atoms with Crippen LogP contribution in [-0.2, 0) is 9.53 Å². The van der Waals surface area contributed by atoms with Gasteiger partial charge in [0, 0.05) is 29.7 Å². The lowest BCUT2D eigenvalue weighted by atomic mass is 10.2. The van der Waals surface area contributed by atoms with Crippen LogP contribution in [0.2, 0.25) is 5.02 Å².